The smallest absolute Gasteiger partial charge is 0.336 e. The van der Waals surface area contributed by atoms with Crippen LogP contribution >= 0.6 is 23.4 Å². The van der Waals surface area contributed by atoms with E-state index >= 15 is 0 Å². The van der Waals surface area contributed by atoms with Crippen LogP contribution in [-0.2, 0) is 12.3 Å². The predicted octanol–water partition coefficient (Wildman–Crippen LogP) is 4.99. The molecule has 1 N–H and O–H groups in total. The number of aromatic hydroxyl groups is 1. The van der Waals surface area contributed by atoms with Crippen LogP contribution in [0.4, 0.5) is 0 Å². The molecule has 0 bridgehead atoms. The van der Waals surface area contributed by atoms with Gasteiger partial charge >= 0.3 is 5.63 Å². The van der Waals surface area contributed by atoms with E-state index in [1.807, 2.05) is 28.7 Å². The monoisotopic (exact) mass is 496 g/mol. The molecule has 0 aliphatic carbocycles. The average molecular weight is 497 g/mol. The number of aromatic nitrogens is 4. The van der Waals surface area contributed by atoms with Crippen LogP contribution in [0.15, 0.2) is 61.6 Å². The molecular formula is C24H21ClN4O4S. The molecule has 8 nitrogen and oxygen atoms in total. The SMILES string of the molecule is CCCCCn1c(=O)c2ccccc2n2c(SCc3cc(=O)oc4cc(O)c(Cl)cc34)nnc12. The summed E-state index contributed by atoms with van der Waals surface area (Å²) in [6, 6.07) is 11.7. The predicted molar refractivity (Wildman–Crippen MR) is 133 cm³/mol. The van der Waals surface area contributed by atoms with Crippen LogP contribution in [0.25, 0.3) is 27.6 Å². The van der Waals surface area contributed by atoms with Gasteiger partial charge in [-0.3, -0.25) is 13.8 Å². The van der Waals surface area contributed by atoms with Gasteiger partial charge in [-0.15, -0.1) is 10.2 Å². The molecule has 5 aromatic rings. The lowest BCUT2D eigenvalue weighted by Gasteiger charge is -2.11. The van der Waals surface area contributed by atoms with E-state index in [4.69, 9.17) is 16.0 Å². The van der Waals surface area contributed by atoms with Crippen molar-refractivity contribution in [2.45, 2.75) is 43.6 Å². The summed E-state index contributed by atoms with van der Waals surface area (Å²) in [5, 5.41) is 20.6. The van der Waals surface area contributed by atoms with E-state index in [-0.39, 0.29) is 21.9 Å². The van der Waals surface area contributed by atoms with Gasteiger partial charge in [-0.2, -0.15) is 0 Å². The van der Waals surface area contributed by atoms with Crippen LogP contribution in [0.2, 0.25) is 5.02 Å². The van der Waals surface area contributed by atoms with Crippen molar-refractivity contribution in [2.75, 3.05) is 0 Å². The van der Waals surface area contributed by atoms with Crippen molar-refractivity contribution in [3.63, 3.8) is 0 Å². The number of para-hydroxylation sites is 1. The van der Waals surface area contributed by atoms with Gasteiger partial charge in [0.15, 0.2) is 5.16 Å². The first-order valence-electron chi connectivity index (χ1n) is 10.9. The molecule has 10 heteroatoms. The minimum absolute atomic E-state index is 0.0794. The number of halogens is 1. The zero-order valence-corrected chi connectivity index (χ0v) is 19.9. The van der Waals surface area contributed by atoms with Gasteiger partial charge in [-0.05, 0) is 30.2 Å². The number of thioether (sulfide) groups is 1. The third kappa shape index (κ3) is 3.95. The fraction of sp³-hybridized carbons (Fsp3) is 0.250. The van der Waals surface area contributed by atoms with Gasteiger partial charge in [0.2, 0.25) is 5.78 Å². The molecule has 174 valence electrons. The third-order valence-corrected chi connectivity index (χ3v) is 7.00. The highest BCUT2D eigenvalue weighted by Crippen LogP contribution is 2.32. The van der Waals surface area contributed by atoms with Gasteiger partial charge < -0.3 is 9.52 Å². The molecule has 5 rings (SSSR count). The Labute approximate surface area is 202 Å². The molecular weight excluding hydrogens is 476 g/mol. The molecule has 3 aromatic heterocycles. The number of phenols is 1. The summed E-state index contributed by atoms with van der Waals surface area (Å²) in [6.07, 6.45) is 2.94. The summed E-state index contributed by atoms with van der Waals surface area (Å²) in [4.78, 5) is 25.3. The van der Waals surface area contributed by atoms with Gasteiger partial charge in [0.25, 0.3) is 5.56 Å². The number of hydrogen-bond donors (Lipinski definition) is 1. The molecule has 0 amide bonds. The molecule has 0 aliphatic heterocycles. The maximum absolute atomic E-state index is 13.2. The summed E-state index contributed by atoms with van der Waals surface area (Å²) in [7, 11) is 0. The third-order valence-electron chi connectivity index (χ3n) is 5.72. The number of fused-ring (bicyclic) bond motifs is 4. The van der Waals surface area contributed by atoms with Gasteiger partial charge in [-0.25, -0.2) is 4.79 Å². The number of rotatable bonds is 7. The van der Waals surface area contributed by atoms with Crippen molar-refractivity contribution >= 4 is 51.0 Å². The Morgan fingerprint density at radius 2 is 1.91 bits per heavy atom. The van der Waals surface area contributed by atoms with E-state index < -0.39 is 5.63 Å². The van der Waals surface area contributed by atoms with Crippen molar-refractivity contribution in [1.82, 2.24) is 19.2 Å². The number of unbranched alkanes of at least 4 members (excludes halogenated alkanes) is 2. The van der Waals surface area contributed by atoms with Crippen LogP contribution in [0.3, 0.4) is 0 Å². The summed E-state index contributed by atoms with van der Waals surface area (Å²) in [5.41, 5.74) is 1.07. The lowest BCUT2D eigenvalue weighted by Crippen LogP contribution is -2.23. The summed E-state index contributed by atoms with van der Waals surface area (Å²) in [6.45, 7) is 2.68. The Morgan fingerprint density at radius 1 is 1.09 bits per heavy atom. The van der Waals surface area contributed by atoms with Crippen LogP contribution in [0, 0.1) is 0 Å². The largest absolute Gasteiger partial charge is 0.506 e. The van der Waals surface area contributed by atoms with Gasteiger partial charge in [-0.1, -0.05) is 55.3 Å². The molecule has 0 radical (unpaired) electrons. The number of hydrogen-bond acceptors (Lipinski definition) is 7. The van der Waals surface area contributed by atoms with Crippen molar-refractivity contribution in [3.05, 3.63) is 73.8 Å². The standard InChI is InChI=1S/C24H21ClN4O4S/c1-2-3-6-9-28-22(32)15-7-4-5-8-18(15)29-23(28)26-27-24(29)34-13-14-10-21(31)33-20-12-19(30)17(25)11-16(14)20/h4-5,7-8,10-12,30H,2-3,6,9,13H2,1H3. The lowest BCUT2D eigenvalue weighted by atomic mass is 10.1. The highest BCUT2D eigenvalue weighted by Gasteiger charge is 2.18. The van der Waals surface area contributed by atoms with Crippen molar-refractivity contribution in [1.29, 1.82) is 0 Å². The molecule has 3 heterocycles. The fourth-order valence-electron chi connectivity index (χ4n) is 4.05. The summed E-state index contributed by atoms with van der Waals surface area (Å²) < 4.78 is 8.80. The van der Waals surface area contributed by atoms with E-state index in [2.05, 4.69) is 17.1 Å². The zero-order chi connectivity index (χ0) is 23.8. The Hall–Kier alpha value is -3.30. The molecule has 0 saturated heterocycles. The van der Waals surface area contributed by atoms with E-state index in [0.717, 1.165) is 24.8 Å². The zero-order valence-electron chi connectivity index (χ0n) is 18.3. The Bertz CT molecular complexity index is 1660. The highest BCUT2D eigenvalue weighted by atomic mass is 35.5. The maximum Gasteiger partial charge on any atom is 0.336 e. The lowest BCUT2D eigenvalue weighted by molar-refractivity contribution is 0.473. The van der Waals surface area contributed by atoms with Gasteiger partial charge in [0.05, 0.1) is 15.9 Å². The molecule has 0 fully saturated rings. The first-order valence-corrected chi connectivity index (χ1v) is 12.3. The molecule has 0 spiro atoms. The Kier molecular flexibility index (Phi) is 6.05. The molecule has 34 heavy (non-hydrogen) atoms. The second kappa shape index (κ2) is 9.15. The van der Waals surface area contributed by atoms with E-state index in [9.17, 15) is 14.7 Å². The maximum atomic E-state index is 13.2. The minimum Gasteiger partial charge on any atom is -0.506 e. The van der Waals surface area contributed by atoms with Crippen LogP contribution in [0.1, 0.15) is 31.7 Å². The highest BCUT2D eigenvalue weighted by molar-refractivity contribution is 7.98. The van der Waals surface area contributed by atoms with Crippen molar-refractivity contribution in [3.8, 4) is 5.75 Å². The quantitative estimate of drug-likeness (QED) is 0.192. The number of phenolic OH excluding ortho intramolecular Hbond substituents is 1. The second-order valence-electron chi connectivity index (χ2n) is 7.98. The summed E-state index contributed by atoms with van der Waals surface area (Å²) in [5.74, 6) is 0.721. The van der Waals surface area contributed by atoms with Crippen LogP contribution in [-0.4, -0.2) is 24.3 Å². The van der Waals surface area contributed by atoms with Gasteiger partial charge in [0.1, 0.15) is 11.3 Å². The summed E-state index contributed by atoms with van der Waals surface area (Å²) >= 11 is 7.48. The first kappa shape index (κ1) is 22.5. The molecule has 0 saturated carbocycles. The second-order valence-corrected chi connectivity index (χ2v) is 9.33. The molecule has 0 unspecified atom stereocenters. The minimum atomic E-state index is -0.522. The van der Waals surface area contributed by atoms with E-state index in [1.165, 1.54) is 23.9 Å². The van der Waals surface area contributed by atoms with Gasteiger partial charge in [0, 0.05) is 29.8 Å². The molecule has 2 aromatic carbocycles. The Balaban J connectivity index is 1.60. The van der Waals surface area contributed by atoms with E-state index in [0.29, 0.717) is 39.6 Å². The number of nitrogens with zero attached hydrogens (tertiary/aromatic N) is 4. The topological polar surface area (TPSA) is 103 Å². The van der Waals surface area contributed by atoms with Crippen molar-refractivity contribution < 1.29 is 9.52 Å². The Morgan fingerprint density at radius 3 is 2.74 bits per heavy atom. The number of benzene rings is 2. The average Bonchev–Trinajstić information content (AvgIpc) is 3.25. The molecule has 0 atom stereocenters. The number of aryl methyl sites for hydroxylation is 1. The van der Waals surface area contributed by atoms with Crippen molar-refractivity contribution in [2.24, 2.45) is 0 Å². The molecule has 0 aliphatic rings. The van der Waals surface area contributed by atoms with E-state index in [1.54, 1.807) is 10.6 Å². The van der Waals surface area contributed by atoms with Crippen LogP contribution < -0.4 is 11.2 Å². The first-order chi connectivity index (χ1) is 16.5. The van der Waals surface area contributed by atoms with Crippen LogP contribution in [0.5, 0.6) is 5.75 Å². The fourth-order valence-corrected chi connectivity index (χ4v) is 5.14. The normalized spacial score (nSPS) is 11.7.